The number of hydrogen-bond donors (Lipinski definition) is 2. The Kier molecular flexibility index (Phi) is 37.5. The molecule has 0 unspecified atom stereocenters. The van der Waals surface area contributed by atoms with E-state index in [4.69, 9.17) is 24.4 Å². The molecule has 0 radical (unpaired) electrons. The van der Waals surface area contributed by atoms with Crippen LogP contribution >= 0.6 is 0 Å². The summed E-state index contributed by atoms with van der Waals surface area (Å²) in [5.41, 5.74) is 0.876. The zero-order chi connectivity index (χ0) is 44.3. The number of carboxylic acids is 2. The Balaban J connectivity index is 2.24. The highest BCUT2D eigenvalue weighted by atomic mass is 16.5. The van der Waals surface area contributed by atoms with Gasteiger partial charge >= 0.3 is 17.9 Å². The molecule has 0 saturated heterocycles. The normalized spacial score (nSPS) is 11.9. The lowest BCUT2D eigenvalue weighted by Gasteiger charge is -2.13. The third-order valence-corrected chi connectivity index (χ3v) is 10.4. The first-order valence-corrected chi connectivity index (χ1v) is 24.0. The van der Waals surface area contributed by atoms with Crippen LogP contribution in [0.25, 0.3) is 0 Å². The Bertz CT molecular complexity index is 1270. The van der Waals surface area contributed by atoms with Gasteiger partial charge in [-0.1, -0.05) is 126 Å². The lowest BCUT2D eigenvalue weighted by Crippen LogP contribution is -2.17. The van der Waals surface area contributed by atoms with Crippen molar-refractivity contribution in [2.24, 2.45) is 0 Å². The molecule has 0 aromatic heterocycles. The fourth-order valence-electron chi connectivity index (χ4n) is 6.75. The molecule has 61 heavy (non-hydrogen) atoms. The maximum absolute atomic E-state index is 12.3. The SMILES string of the molecule is CN(C)CCC(=O)OCc1cc(OCCCCCCCC=CCC=CCCCCCCCC(=O)O)cc(OCCCCCCCC=CCC=CCCCCCCCC(=O)O)c1. The Hall–Kier alpha value is -3.85. The molecule has 0 aliphatic carbocycles. The summed E-state index contributed by atoms with van der Waals surface area (Å²) in [6, 6.07) is 5.88. The molecule has 346 valence electrons. The van der Waals surface area contributed by atoms with Gasteiger partial charge in [0.1, 0.15) is 18.1 Å². The maximum Gasteiger partial charge on any atom is 0.307 e. The number of carbonyl (C=O) groups is 3. The molecule has 1 aromatic rings. The van der Waals surface area contributed by atoms with Gasteiger partial charge < -0.3 is 29.3 Å². The van der Waals surface area contributed by atoms with E-state index in [1.165, 1.54) is 64.2 Å². The largest absolute Gasteiger partial charge is 0.493 e. The van der Waals surface area contributed by atoms with Gasteiger partial charge in [0.25, 0.3) is 0 Å². The van der Waals surface area contributed by atoms with Crippen LogP contribution < -0.4 is 9.47 Å². The van der Waals surface area contributed by atoms with E-state index in [-0.39, 0.29) is 12.6 Å². The van der Waals surface area contributed by atoms with Crippen molar-refractivity contribution in [2.45, 2.75) is 193 Å². The number of allylic oxidation sites excluding steroid dienone is 8. The Morgan fingerprint density at radius 1 is 0.475 bits per heavy atom. The number of ether oxygens (including phenoxy) is 3. The molecule has 0 amide bonds. The van der Waals surface area contributed by atoms with E-state index in [0.717, 1.165) is 120 Å². The highest BCUT2D eigenvalue weighted by Gasteiger charge is 2.09. The first-order valence-electron chi connectivity index (χ1n) is 24.0. The molecule has 2 N–H and O–H groups in total. The topological polar surface area (TPSA) is 123 Å². The van der Waals surface area contributed by atoms with Gasteiger partial charge in [0.15, 0.2) is 0 Å². The van der Waals surface area contributed by atoms with Crippen molar-refractivity contribution < 1.29 is 38.8 Å². The minimum absolute atomic E-state index is 0.201. The summed E-state index contributed by atoms with van der Waals surface area (Å²) < 4.78 is 17.9. The number of carbonyl (C=O) groups excluding carboxylic acids is 1. The second-order valence-corrected chi connectivity index (χ2v) is 16.6. The van der Waals surface area contributed by atoms with E-state index in [0.29, 0.717) is 39.0 Å². The van der Waals surface area contributed by atoms with Gasteiger partial charge in [-0.3, -0.25) is 14.4 Å². The second kappa shape index (κ2) is 41.5. The fourth-order valence-corrected chi connectivity index (χ4v) is 6.75. The number of esters is 1. The van der Waals surface area contributed by atoms with E-state index in [1.807, 2.05) is 37.2 Å². The summed E-state index contributed by atoms with van der Waals surface area (Å²) in [5, 5.41) is 17.4. The number of rotatable bonds is 43. The summed E-state index contributed by atoms with van der Waals surface area (Å²) in [7, 11) is 3.89. The van der Waals surface area contributed by atoms with Crippen LogP contribution in [0.4, 0.5) is 0 Å². The number of carboxylic acid groups (broad SMARTS) is 2. The van der Waals surface area contributed by atoms with E-state index >= 15 is 0 Å². The first-order chi connectivity index (χ1) is 29.8. The first kappa shape index (κ1) is 55.2. The summed E-state index contributed by atoms with van der Waals surface area (Å²) in [6.45, 7) is 2.15. The predicted molar refractivity (Wildman–Crippen MR) is 252 cm³/mol. The molecule has 0 heterocycles. The van der Waals surface area contributed by atoms with Crippen LogP contribution in [0.15, 0.2) is 66.8 Å². The van der Waals surface area contributed by atoms with Gasteiger partial charge in [0.2, 0.25) is 0 Å². The molecular formula is C52H85NO8. The lowest BCUT2D eigenvalue weighted by atomic mass is 10.1. The maximum atomic E-state index is 12.3. The Morgan fingerprint density at radius 2 is 0.836 bits per heavy atom. The molecule has 1 rings (SSSR count). The average Bonchev–Trinajstić information content (AvgIpc) is 3.23. The van der Waals surface area contributed by atoms with E-state index in [9.17, 15) is 14.4 Å². The van der Waals surface area contributed by atoms with Crippen molar-refractivity contribution in [1.29, 1.82) is 0 Å². The number of nitrogens with zero attached hydrogens (tertiary/aromatic N) is 1. The predicted octanol–water partition coefficient (Wildman–Crippen LogP) is 13.8. The quantitative estimate of drug-likeness (QED) is 0.0375. The second-order valence-electron chi connectivity index (χ2n) is 16.6. The zero-order valence-electron chi connectivity index (χ0n) is 38.5. The van der Waals surface area contributed by atoms with Crippen LogP contribution in [-0.2, 0) is 25.7 Å². The van der Waals surface area contributed by atoms with Gasteiger partial charge in [0.05, 0.1) is 19.6 Å². The molecule has 0 saturated carbocycles. The molecule has 0 aliphatic rings. The van der Waals surface area contributed by atoms with E-state index in [1.54, 1.807) is 0 Å². The summed E-state index contributed by atoms with van der Waals surface area (Å²) in [4.78, 5) is 35.4. The molecule has 0 bridgehead atoms. The monoisotopic (exact) mass is 852 g/mol. The summed E-state index contributed by atoms with van der Waals surface area (Å²) >= 11 is 0. The van der Waals surface area contributed by atoms with Crippen molar-refractivity contribution in [3.8, 4) is 11.5 Å². The van der Waals surface area contributed by atoms with E-state index in [2.05, 4.69) is 48.6 Å². The Morgan fingerprint density at radius 3 is 1.21 bits per heavy atom. The standard InChI is InChI=1S/C52H85NO8/c1-53(2)40-39-52(58)61-46-47-43-48(59-41-35-31-27-23-19-15-11-7-3-5-9-13-17-21-25-29-33-37-50(54)55)45-49(44-47)60-42-36-32-28-24-20-16-12-8-4-6-10-14-18-22-26-30-34-38-51(56)57/h5-12,43-45H,3-4,13-42,46H2,1-2H3,(H,54,55)(H,56,57). The molecule has 0 spiro atoms. The minimum atomic E-state index is -0.690. The molecule has 0 fully saturated rings. The van der Waals surface area contributed by atoms with Crippen LogP contribution in [-0.4, -0.2) is 66.9 Å². The van der Waals surface area contributed by atoms with Crippen LogP contribution in [0.3, 0.4) is 0 Å². The van der Waals surface area contributed by atoms with Gasteiger partial charge in [-0.05, 0) is 122 Å². The van der Waals surface area contributed by atoms with Crippen molar-refractivity contribution in [1.82, 2.24) is 4.90 Å². The van der Waals surface area contributed by atoms with Crippen LogP contribution in [0.2, 0.25) is 0 Å². The van der Waals surface area contributed by atoms with E-state index < -0.39 is 11.9 Å². The van der Waals surface area contributed by atoms with Crippen LogP contribution in [0.5, 0.6) is 11.5 Å². The third-order valence-electron chi connectivity index (χ3n) is 10.4. The minimum Gasteiger partial charge on any atom is -0.493 e. The highest BCUT2D eigenvalue weighted by Crippen LogP contribution is 2.25. The number of unbranched alkanes of at least 4 members (excludes halogenated alkanes) is 20. The third kappa shape index (κ3) is 40.0. The van der Waals surface area contributed by atoms with Crippen LogP contribution in [0.1, 0.15) is 192 Å². The smallest absolute Gasteiger partial charge is 0.307 e. The molecule has 0 aliphatic heterocycles. The number of hydrogen-bond acceptors (Lipinski definition) is 7. The van der Waals surface area contributed by atoms with Gasteiger partial charge in [-0.15, -0.1) is 0 Å². The van der Waals surface area contributed by atoms with Crippen molar-refractivity contribution in [3.63, 3.8) is 0 Å². The molecular weight excluding hydrogens is 767 g/mol. The van der Waals surface area contributed by atoms with Crippen molar-refractivity contribution in [2.75, 3.05) is 33.9 Å². The summed E-state index contributed by atoms with van der Waals surface area (Å²) in [6.07, 6.45) is 47.6. The highest BCUT2D eigenvalue weighted by molar-refractivity contribution is 5.69. The van der Waals surface area contributed by atoms with Gasteiger partial charge in [-0.25, -0.2) is 0 Å². The van der Waals surface area contributed by atoms with Gasteiger partial charge in [-0.2, -0.15) is 0 Å². The molecule has 1 aromatic carbocycles. The fraction of sp³-hybridized carbons (Fsp3) is 0.673. The molecule has 0 atom stereocenters. The zero-order valence-corrected chi connectivity index (χ0v) is 38.5. The molecule has 9 heteroatoms. The number of aliphatic carboxylic acids is 2. The summed E-state index contributed by atoms with van der Waals surface area (Å²) in [5.74, 6) is -0.0729. The average molecular weight is 852 g/mol. The van der Waals surface area contributed by atoms with Gasteiger partial charge in [0, 0.05) is 25.5 Å². The Labute approximate surface area is 371 Å². The number of benzene rings is 1. The van der Waals surface area contributed by atoms with Crippen molar-refractivity contribution >= 4 is 17.9 Å². The lowest BCUT2D eigenvalue weighted by molar-refractivity contribution is -0.145. The van der Waals surface area contributed by atoms with Crippen molar-refractivity contribution in [3.05, 3.63) is 72.4 Å². The van der Waals surface area contributed by atoms with Crippen LogP contribution in [0, 0.1) is 0 Å². The molecule has 9 nitrogen and oxygen atoms in total.